The number of carboxylic acid groups (broad SMARTS) is 1. The zero-order valence-electron chi connectivity index (χ0n) is 13.5. The average Bonchev–Trinajstić information content (AvgIpc) is 2.60. The summed E-state index contributed by atoms with van der Waals surface area (Å²) < 4.78 is 0. The summed E-state index contributed by atoms with van der Waals surface area (Å²) in [4.78, 5) is 24.5. The molecule has 2 rings (SSSR count). The molecule has 0 radical (unpaired) electrons. The third-order valence-electron chi connectivity index (χ3n) is 3.61. The van der Waals surface area contributed by atoms with Crippen LogP contribution in [0.25, 0.3) is 0 Å². The van der Waals surface area contributed by atoms with E-state index in [4.69, 9.17) is 5.11 Å². The lowest BCUT2D eigenvalue weighted by Gasteiger charge is -2.22. The molecule has 126 valence electrons. The summed E-state index contributed by atoms with van der Waals surface area (Å²) in [5.41, 5.74) is 2.33. The number of amides is 1. The van der Waals surface area contributed by atoms with Gasteiger partial charge < -0.3 is 10.4 Å². The van der Waals surface area contributed by atoms with Gasteiger partial charge in [-0.15, -0.1) is 0 Å². The van der Waals surface area contributed by atoms with E-state index in [0.717, 1.165) is 18.5 Å². The second-order valence-electron chi connectivity index (χ2n) is 5.60. The highest BCUT2D eigenvalue weighted by molar-refractivity contribution is 5.82. The summed E-state index contributed by atoms with van der Waals surface area (Å²) in [6.07, 6.45) is 0.833. The zero-order chi connectivity index (χ0) is 17.2. The number of hydrogen-bond acceptors (Lipinski definition) is 3. The van der Waals surface area contributed by atoms with Gasteiger partial charge in [0.15, 0.2) is 0 Å². The first-order valence-electron chi connectivity index (χ1n) is 7.92. The van der Waals surface area contributed by atoms with E-state index < -0.39 is 5.97 Å². The third-order valence-corrected chi connectivity index (χ3v) is 3.61. The van der Waals surface area contributed by atoms with Crippen LogP contribution in [0.15, 0.2) is 60.7 Å². The Morgan fingerprint density at radius 2 is 1.50 bits per heavy atom. The van der Waals surface area contributed by atoms with Gasteiger partial charge in [0.1, 0.15) is 6.54 Å². The zero-order valence-corrected chi connectivity index (χ0v) is 13.5. The van der Waals surface area contributed by atoms with Gasteiger partial charge in [-0.25, -0.2) is 0 Å². The molecule has 2 N–H and O–H groups in total. The van der Waals surface area contributed by atoms with E-state index in [1.807, 2.05) is 53.4 Å². The molecule has 5 nitrogen and oxygen atoms in total. The summed E-state index contributed by atoms with van der Waals surface area (Å²) in [5, 5.41) is 11.1. The molecule has 0 aliphatic heterocycles. The van der Waals surface area contributed by atoms with Gasteiger partial charge in [-0.2, -0.15) is 0 Å². The summed E-state index contributed by atoms with van der Waals surface area (Å²) in [7, 11) is 0. The Hall–Kier alpha value is -2.66. The molecule has 0 fully saturated rings. The van der Waals surface area contributed by atoms with Crippen molar-refractivity contribution in [3.05, 3.63) is 71.8 Å². The number of carboxylic acids is 1. The minimum Gasteiger partial charge on any atom is -0.480 e. The van der Waals surface area contributed by atoms with E-state index in [-0.39, 0.29) is 19.0 Å². The van der Waals surface area contributed by atoms with E-state index in [9.17, 15) is 9.59 Å². The van der Waals surface area contributed by atoms with Gasteiger partial charge in [-0.05, 0) is 17.5 Å². The van der Waals surface area contributed by atoms with E-state index in [1.54, 1.807) is 0 Å². The average molecular weight is 326 g/mol. The number of nitrogens with one attached hydrogen (secondary N) is 1. The van der Waals surface area contributed by atoms with Gasteiger partial charge in [-0.1, -0.05) is 60.7 Å². The summed E-state index contributed by atoms with van der Waals surface area (Å²) in [6.45, 7) is 1.19. The van der Waals surface area contributed by atoms with Gasteiger partial charge in [0.25, 0.3) is 0 Å². The van der Waals surface area contributed by atoms with Crippen molar-refractivity contribution in [2.24, 2.45) is 0 Å². The molecule has 2 aromatic carbocycles. The van der Waals surface area contributed by atoms with E-state index in [1.165, 1.54) is 5.56 Å². The molecular weight excluding hydrogens is 304 g/mol. The molecule has 0 heterocycles. The van der Waals surface area contributed by atoms with Gasteiger partial charge in [0.05, 0.1) is 6.54 Å². The predicted octanol–water partition coefficient (Wildman–Crippen LogP) is 1.93. The monoisotopic (exact) mass is 326 g/mol. The minimum absolute atomic E-state index is 0.176. The standard InChI is InChI=1S/C19H22N2O3/c22-18(20-13-19(23)24)15-21(14-17-9-5-2-6-10-17)12-11-16-7-3-1-4-8-16/h1-10H,11-15H2,(H,20,22)(H,23,24). The number of carbonyl (C=O) groups is 2. The number of benzene rings is 2. The van der Waals surface area contributed by atoms with Crippen molar-refractivity contribution in [1.29, 1.82) is 0 Å². The number of carbonyl (C=O) groups excluding carboxylic acids is 1. The topological polar surface area (TPSA) is 69.6 Å². The van der Waals surface area contributed by atoms with Crippen molar-refractivity contribution in [3.63, 3.8) is 0 Å². The molecule has 0 bridgehead atoms. The molecule has 0 aliphatic carbocycles. The van der Waals surface area contributed by atoms with Crippen LogP contribution in [0.3, 0.4) is 0 Å². The summed E-state index contributed by atoms with van der Waals surface area (Å²) >= 11 is 0. The molecule has 0 saturated carbocycles. The molecule has 24 heavy (non-hydrogen) atoms. The number of nitrogens with zero attached hydrogens (tertiary/aromatic N) is 1. The van der Waals surface area contributed by atoms with Gasteiger partial charge in [0.2, 0.25) is 5.91 Å². The third kappa shape index (κ3) is 6.62. The Bertz CT molecular complexity index is 644. The van der Waals surface area contributed by atoms with Crippen molar-refractivity contribution in [1.82, 2.24) is 10.2 Å². The molecular formula is C19H22N2O3. The number of aliphatic carboxylic acids is 1. The van der Waals surface area contributed by atoms with Crippen LogP contribution in [0.4, 0.5) is 0 Å². The van der Waals surface area contributed by atoms with Crippen LogP contribution in [0.5, 0.6) is 0 Å². The smallest absolute Gasteiger partial charge is 0.322 e. The highest BCUT2D eigenvalue weighted by atomic mass is 16.4. The molecule has 0 aliphatic rings. The maximum atomic E-state index is 11.9. The van der Waals surface area contributed by atoms with Crippen molar-refractivity contribution >= 4 is 11.9 Å². The Morgan fingerprint density at radius 1 is 0.917 bits per heavy atom. The van der Waals surface area contributed by atoms with E-state index in [2.05, 4.69) is 17.4 Å². The maximum Gasteiger partial charge on any atom is 0.322 e. The molecule has 0 saturated heterocycles. The Balaban J connectivity index is 1.95. The Kier molecular flexibility index (Phi) is 6.98. The highest BCUT2D eigenvalue weighted by Gasteiger charge is 2.12. The lowest BCUT2D eigenvalue weighted by atomic mass is 10.1. The second-order valence-corrected chi connectivity index (χ2v) is 5.60. The van der Waals surface area contributed by atoms with Crippen LogP contribution in [-0.4, -0.2) is 41.5 Å². The lowest BCUT2D eigenvalue weighted by molar-refractivity contribution is -0.138. The maximum absolute atomic E-state index is 11.9. The number of rotatable bonds is 9. The SMILES string of the molecule is O=C(O)CNC(=O)CN(CCc1ccccc1)Cc1ccccc1. The van der Waals surface area contributed by atoms with Crippen molar-refractivity contribution in [2.45, 2.75) is 13.0 Å². The van der Waals surface area contributed by atoms with E-state index >= 15 is 0 Å². The van der Waals surface area contributed by atoms with Crippen LogP contribution < -0.4 is 5.32 Å². The Labute approximate surface area is 141 Å². The predicted molar refractivity (Wildman–Crippen MR) is 92.5 cm³/mol. The minimum atomic E-state index is -1.04. The van der Waals surface area contributed by atoms with Crippen LogP contribution in [0.1, 0.15) is 11.1 Å². The molecule has 2 aromatic rings. The molecule has 1 amide bonds. The normalized spacial score (nSPS) is 10.5. The highest BCUT2D eigenvalue weighted by Crippen LogP contribution is 2.07. The number of hydrogen-bond donors (Lipinski definition) is 2. The summed E-state index contributed by atoms with van der Waals surface area (Å²) in [6, 6.07) is 20.0. The van der Waals surface area contributed by atoms with Gasteiger partial charge in [0, 0.05) is 13.1 Å². The molecule has 0 unspecified atom stereocenters. The fourth-order valence-corrected chi connectivity index (χ4v) is 2.42. The fourth-order valence-electron chi connectivity index (χ4n) is 2.42. The quantitative estimate of drug-likeness (QED) is 0.739. The van der Waals surface area contributed by atoms with Crippen LogP contribution in [0.2, 0.25) is 0 Å². The van der Waals surface area contributed by atoms with Gasteiger partial charge in [-0.3, -0.25) is 14.5 Å². The fraction of sp³-hybridized carbons (Fsp3) is 0.263. The first-order chi connectivity index (χ1) is 11.6. The van der Waals surface area contributed by atoms with Crippen molar-refractivity contribution < 1.29 is 14.7 Å². The largest absolute Gasteiger partial charge is 0.480 e. The van der Waals surface area contributed by atoms with Crippen LogP contribution in [-0.2, 0) is 22.6 Å². The summed E-state index contributed by atoms with van der Waals surface area (Å²) in [5.74, 6) is -1.32. The van der Waals surface area contributed by atoms with Crippen molar-refractivity contribution in [3.8, 4) is 0 Å². The second kappa shape index (κ2) is 9.47. The molecule has 0 atom stereocenters. The van der Waals surface area contributed by atoms with Crippen molar-refractivity contribution in [2.75, 3.05) is 19.6 Å². The van der Waals surface area contributed by atoms with Gasteiger partial charge >= 0.3 is 5.97 Å². The molecule has 0 aromatic heterocycles. The first kappa shape index (κ1) is 17.7. The van der Waals surface area contributed by atoms with Crippen LogP contribution >= 0.6 is 0 Å². The van der Waals surface area contributed by atoms with E-state index in [0.29, 0.717) is 6.54 Å². The molecule has 0 spiro atoms. The lowest BCUT2D eigenvalue weighted by Crippen LogP contribution is -2.39. The molecule has 5 heteroatoms. The Morgan fingerprint density at radius 3 is 2.08 bits per heavy atom. The van der Waals surface area contributed by atoms with Crippen LogP contribution in [0, 0.1) is 0 Å². The first-order valence-corrected chi connectivity index (χ1v) is 7.92.